The monoisotopic (exact) mass is 429 g/mol. The summed E-state index contributed by atoms with van der Waals surface area (Å²) >= 11 is 5.88. The molecule has 0 bridgehead atoms. The molecule has 3 N–H and O–H groups in total. The first-order valence-corrected chi connectivity index (χ1v) is 9.95. The van der Waals surface area contributed by atoms with Crippen LogP contribution in [0.4, 0.5) is 15.8 Å². The van der Waals surface area contributed by atoms with Gasteiger partial charge in [0, 0.05) is 35.7 Å². The van der Waals surface area contributed by atoms with Crippen molar-refractivity contribution in [1.82, 2.24) is 14.7 Å². The Labute approximate surface area is 178 Å². The van der Waals surface area contributed by atoms with Crippen molar-refractivity contribution >= 4 is 28.9 Å². The second-order valence-electron chi connectivity index (χ2n) is 7.02. The highest BCUT2D eigenvalue weighted by Gasteiger charge is 2.35. The van der Waals surface area contributed by atoms with Gasteiger partial charge in [0.05, 0.1) is 17.4 Å². The Balaban J connectivity index is 1.42. The number of anilines is 2. The minimum Gasteiger partial charge on any atom is -0.361 e. The minimum atomic E-state index is -1.06. The van der Waals surface area contributed by atoms with Crippen molar-refractivity contribution in [2.45, 2.75) is 25.2 Å². The first-order valence-electron chi connectivity index (χ1n) is 9.57. The molecule has 2 aromatic carbocycles. The highest BCUT2D eigenvalue weighted by Crippen LogP contribution is 2.24. The molecule has 3 aromatic rings. The lowest BCUT2D eigenvalue weighted by Crippen LogP contribution is -2.48. The van der Waals surface area contributed by atoms with Gasteiger partial charge in [0.15, 0.2) is 6.35 Å². The van der Waals surface area contributed by atoms with Crippen molar-refractivity contribution in [2.75, 3.05) is 17.2 Å². The van der Waals surface area contributed by atoms with E-state index in [4.69, 9.17) is 11.6 Å². The molecule has 4 rings (SSSR count). The Hall–Kier alpha value is -2.94. The van der Waals surface area contributed by atoms with Crippen LogP contribution in [0.5, 0.6) is 0 Å². The molecular formula is C21H21ClFN5O2. The SMILES string of the molecule is O=C(Nc1ccc(-n2cccn2)cc1F)[C@H]1CCCN1C(O)Nc1ccc(Cl)cc1. The number of aromatic nitrogens is 2. The number of carbonyl (C=O) groups is 1. The molecule has 1 unspecified atom stereocenters. The molecule has 1 aliphatic heterocycles. The van der Waals surface area contributed by atoms with Gasteiger partial charge >= 0.3 is 0 Å². The molecule has 0 aliphatic carbocycles. The highest BCUT2D eigenvalue weighted by atomic mass is 35.5. The Kier molecular flexibility index (Phi) is 5.98. The Bertz CT molecular complexity index is 1010. The van der Waals surface area contributed by atoms with E-state index >= 15 is 0 Å². The van der Waals surface area contributed by atoms with Crippen molar-refractivity contribution in [3.8, 4) is 5.69 Å². The van der Waals surface area contributed by atoms with Gasteiger partial charge in [0.2, 0.25) is 5.91 Å². The topological polar surface area (TPSA) is 82.4 Å². The number of aliphatic hydroxyl groups excluding tert-OH is 1. The van der Waals surface area contributed by atoms with E-state index in [0.29, 0.717) is 29.4 Å². The maximum absolute atomic E-state index is 14.5. The number of hydrogen-bond donors (Lipinski definition) is 3. The molecule has 30 heavy (non-hydrogen) atoms. The summed E-state index contributed by atoms with van der Waals surface area (Å²) in [5.41, 5.74) is 1.32. The highest BCUT2D eigenvalue weighted by molar-refractivity contribution is 6.30. The number of amides is 1. The fourth-order valence-corrected chi connectivity index (χ4v) is 3.65. The number of nitrogens with one attached hydrogen (secondary N) is 2. The molecular weight excluding hydrogens is 409 g/mol. The molecule has 9 heteroatoms. The van der Waals surface area contributed by atoms with Gasteiger partial charge in [-0.2, -0.15) is 5.10 Å². The third-order valence-electron chi connectivity index (χ3n) is 5.03. The van der Waals surface area contributed by atoms with Crippen molar-refractivity contribution in [2.24, 2.45) is 0 Å². The third kappa shape index (κ3) is 4.46. The molecule has 1 fully saturated rings. The quantitative estimate of drug-likeness (QED) is 0.523. The second-order valence-corrected chi connectivity index (χ2v) is 7.46. The maximum atomic E-state index is 14.5. The van der Waals surface area contributed by atoms with Crippen LogP contribution in [0.2, 0.25) is 5.02 Å². The number of rotatable bonds is 6. The lowest BCUT2D eigenvalue weighted by Gasteiger charge is -2.29. The lowest BCUT2D eigenvalue weighted by atomic mass is 10.2. The Morgan fingerprint density at radius 2 is 2.07 bits per heavy atom. The van der Waals surface area contributed by atoms with Crippen molar-refractivity contribution in [3.05, 3.63) is 71.8 Å². The van der Waals surface area contributed by atoms with Crippen molar-refractivity contribution < 1.29 is 14.3 Å². The van der Waals surface area contributed by atoms with Gasteiger partial charge in [-0.1, -0.05) is 11.6 Å². The van der Waals surface area contributed by atoms with E-state index in [1.165, 1.54) is 16.8 Å². The number of carbonyl (C=O) groups excluding carboxylic acids is 1. The number of nitrogens with zero attached hydrogens (tertiary/aromatic N) is 3. The zero-order chi connectivity index (χ0) is 21.1. The van der Waals surface area contributed by atoms with E-state index in [9.17, 15) is 14.3 Å². The largest absolute Gasteiger partial charge is 0.361 e. The average Bonchev–Trinajstić information content (AvgIpc) is 3.43. The molecule has 1 aliphatic rings. The van der Waals surface area contributed by atoms with Crippen LogP contribution >= 0.6 is 11.6 Å². The van der Waals surface area contributed by atoms with Gasteiger partial charge in [0.1, 0.15) is 5.82 Å². The van der Waals surface area contributed by atoms with E-state index < -0.39 is 18.2 Å². The molecule has 1 saturated heterocycles. The van der Waals surface area contributed by atoms with Gasteiger partial charge < -0.3 is 15.7 Å². The van der Waals surface area contributed by atoms with Crippen LogP contribution in [0.25, 0.3) is 5.69 Å². The van der Waals surface area contributed by atoms with Gasteiger partial charge in [-0.15, -0.1) is 0 Å². The van der Waals surface area contributed by atoms with Crippen LogP contribution in [0.15, 0.2) is 60.9 Å². The Morgan fingerprint density at radius 1 is 1.27 bits per heavy atom. The third-order valence-corrected chi connectivity index (χ3v) is 5.28. The summed E-state index contributed by atoms with van der Waals surface area (Å²) in [7, 11) is 0. The lowest BCUT2D eigenvalue weighted by molar-refractivity contribution is -0.123. The molecule has 156 valence electrons. The van der Waals surface area contributed by atoms with E-state index in [0.717, 1.165) is 6.42 Å². The number of aliphatic hydroxyl groups is 1. The van der Waals surface area contributed by atoms with E-state index in [-0.39, 0.29) is 11.6 Å². The normalized spacial score (nSPS) is 17.6. The first kappa shape index (κ1) is 20.3. The number of likely N-dealkylation sites (tertiary alicyclic amines) is 1. The van der Waals surface area contributed by atoms with Gasteiger partial charge in [0.25, 0.3) is 0 Å². The summed E-state index contributed by atoms with van der Waals surface area (Å²) in [6, 6.07) is 12.6. The molecule has 2 heterocycles. The molecule has 7 nitrogen and oxygen atoms in total. The summed E-state index contributed by atoms with van der Waals surface area (Å²) in [6.07, 6.45) is 3.57. The van der Waals surface area contributed by atoms with Crippen molar-refractivity contribution in [1.29, 1.82) is 0 Å². The van der Waals surface area contributed by atoms with Crippen LogP contribution in [-0.4, -0.2) is 44.6 Å². The van der Waals surface area contributed by atoms with Crippen LogP contribution in [0.1, 0.15) is 12.8 Å². The standard InChI is InChI=1S/C21H21ClFN5O2/c22-14-4-6-15(7-5-14)25-21(30)27-11-1-3-19(27)20(29)26-18-9-8-16(13-17(18)23)28-12-2-10-24-28/h2,4-10,12-13,19,21,25,30H,1,3,11H2,(H,26,29)/t19-,21?/m1/s1. The van der Waals surface area contributed by atoms with Crippen LogP contribution in [0, 0.1) is 5.82 Å². The molecule has 0 spiro atoms. The van der Waals surface area contributed by atoms with Crippen LogP contribution < -0.4 is 10.6 Å². The zero-order valence-electron chi connectivity index (χ0n) is 16.0. The Morgan fingerprint density at radius 3 is 2.77 bits per heavy atom. The molecule has 1 amide bonds. The fourth-order valence-electron chi connectivity index (χ4n) is 3.53. The number of hydrogen-bond acceptors (Lipinski definition) is 5. The van der Waals surface area contributed by atoms with Crippen LogP contribution in [0.3, 0.4) is 0 Å². The zero-order valence-corrected chi connectivity index (χ0v) is 16.8. The van der Waals surface area contributed by atoms with Gasteiger partial charge in [-0.25, -0.2) is 14.0 Å². The summed E-state index contributed by atoms with van der Waals surface area (Å²) in [5, 5.41) is 20.8. The summed E-state index contributed by atoms with van der Waals surface area (Å²) < 4.78 is 16.1. The predicted octanol–water partition coefficient (Wildman–Crippen LogP) is 3.46. The minimum absolute atomic E-state index is 0.0860. The molecule has 0 saturated carbocycles. The first-order chi connectivity index (χ1) is 14.5. The van der Waals surface area contributed by atoms with Gasteiger partial charge in [-0.05, 0) is 55.3 Å². The molecule has 1 aromatic heterocycles. The number of benzene rings is 2. The molecule has 0 radical (unpaired) electrons. The average molecular weight is 430 g/mol. The second kappa shape index (κ2) is 8.83. The van der Waals surface area contributed by atoms with E-state index in [2.05, 4.69) is 15.7 Å². The van der Waals surface area contributed by atoms with Crippen molar-refractivity contribution in [3.63, 3.8) is 0 Å². The van der Waals surface area contributed by atoms with Crippen LogP contribution in [-0.2, 0) is 4.79 Å². The predicted molar refractivity (Wildman–Crippen MR) is 113 cm³/mol. The summed E-state index contributed by atoms with van der Waals surface area (Å²) in [5.74, 6) is -0.920. The number of halogens is 2. The molecule has 2 atom stereocenters. The van der Waals surface area contributed by atoms with E-state index in [1.54, 1.807) is 53.7 Å². The fraction of sp³-hybridized carbons (Fsp3) is 0.238. The van der Waals surface area contributed by atoms with Gasteiger partial charge in [-0.3, -0.25) is 4.79 Å². The van der Waals surface area contributed by atoms with E-state index in [1.807, 2.05) is 0 Å². The smallest absolute Gasteiger partial charge is 0.241 e. The maximum Gasteiger partial charge on any atom is 0.241 e. The summed E-state index contributed by atoms with van der Waals surface area (Å²) in [4.78, 5) is 14.5. The summed E-state index contributed by atoms with van der Waals surface area (Å²) in [6.45, 7) is 0.542.